The van der Waals surface area contributed by atoms with Gasteiger partial charge in [-0.05, 0) is 25.7 Å². The molecule has 2 N–H and O–H groups in total. The maximum atomic E-state index is 10.3. The van der Waals surface area contributed by atoms with Crippen LogP contribution in [0, 0.1) is 0 Å². The summed E-state index contributed by atoms with van der Waals surface area (Å²) < 4.78 is 0. The van der Waals surface area contributed by atoms with Gasteiger partial charge in [-0.2, -0.15) is 0 Å². The number of rotatable bonds is 26. The van der Waals surface area contributed by atoms with Gasteiger partial charge in [-0.3, -0.25) is 9.59 Å². The van der Waals surface area contributed by atoms with E-state index in [9.17, 15) is 19.5 Å². The van der Waals surface area contributed by atoms with E-state index in [0.717, 1.165) is 12.8 Å². The van der Waals surface area contributed by atoms with Crippen LogP contribution in [0.25, 0.3) is 0 Å². The Bertz CT molecular complexity index is 468. The van der Waals surface area contributed by atoms with Crippen molar-refractivity contribution in [2.24, 2.45) is 0 Å². The number of carboxylic acid groups (broad SMARTS) is 3. The zero-order chi connectivity index (χ0) is 26.4. The summed E-state index contributed by atoms with van der Waals surface area (Å²) in [7, 11) is 0. The third-order valence-corrected chi connectivity index (χ3v) is 6.27. The van der Waals surface area contributed by atoms with E-state index in [0.29, 0.717) is 19.3 Å². The van der Waals surface area contributed by atoms with E-state index >= 15 is 0 Å². The van der Waals surface area contributed by atoms with Gasteiger partial charge >= 0.3 is 34.3 Å². The van der Waals surface area contributed by atoms with Crippen LogP contribution in [0.4, 0.5) is 0 Å². The van der Waals surface area contributed by atoms with E-state index in [4.69, 9.17) is 10.2 Å². The molecule has 0 aliphatic carbocycles. The summed E-state index contributed by atoms with van der Waals surface area (Å²) in [4.78, 5) is 30.2. The van der Waals surface area contributed by atoms with Crippen molar-refractivity contribution >= 4 is 17.9 Å². The largest absolute Gasteiger partial charge is 1.00 e. The molecule has 0 aromatic carbocycles. The van der Waals surface area contributed by atoms with Crippen molar-refractivity contribution in [3.63, 3.8) is 0 Å². The molecule has 0 unspecified atom stereocenters. The van der Waals surface area contributed by atoms with Gasteiger partial charge in [-0.1, -0.05) is 129 Å². The van der Waals surface area contributed by atoms with Crippen LogP contribution in [0.2, 0.25) is 0 Å². The molecule has 0 rings (SSSR count). The normalized spacial score (nSPS) is 10.2. The van der Waals surface area contributed by atoms with E-state index in [1.165, 1.54) is 109 Å². The molecule has 0 radical (unpaired) electrons. The molecule has 0 bridgehead atoms. The molecule has 0 saturated heterocycles. The Hall–Kier alpha value is -0.850. The summed E-state index contributed by atoms with van der Waals surface area (Å²) in [6.45, 7) is 2.28. The van der Waals surface area contributed by atoms with Crippen molar-refractivity contribution in [2.75, 3.05) is 0 Å². The molecule has 0 saturated carbocycles. The first-order valence-electron chi connectivity index (χ1n) is 14.5. The number of aliphatic carboxylic acids is 3. The fraction of sp³-hybridized carbons (Fsp3) is 0.897. The maximum Gasteiger partial charge on any atom is 1.00 e. The van der Waals surface area contributed by atoms with E-state index in [2.05, 4.69) is 6.92 Å². The number of hydrogen-bond donors (Lipinski definition) is 2. The molecule has 0 amide bonds. The average Bonchev–Trinajstić information content (AvgIpc) is 2.80. The van der Waals surface area contributed by atoms with Gasteiger partial charge in [0, 0.05) is 18.8 Å². The van der Waals surface area contributed by atoms with Crippen molar-refractivity contribution in [3.05, 3.63) is 0 Å². The van der Waals surface area contributed by atoms with Crippen molar-refractivity contribution in [2.45, 2.75) is 167 Å². The first-order chi connectivity index (χ1) is 16.9. The van der Waals surface area contributed by atoms with Gasteiger partial charge in [0.2, 0.25) is 0 Å². The second kappa shape index (κ2) is 34.2. The van der Waals surface area contributed by atoms with Gasteiger partial charge in [-0.25, -0.2) is 0 Å². The van der Waals surface area contributed by atoms with Crippen LogP contribution in [-0.4, -0.2) is 28.1 Å². The third-order valence-electron chi connectivity index (χ3n) is 6.27. The zero-order valence-corrected chi connectivity index (χ0v) is 24.5. The fourth-order valence-electron chi connectivity index (χ4n) is 4.08. The maximum absolute atomic E-state index is 10.3. The molecular formula is C29H55AgO6. The van der Waals surface area contributed by atoms with Crippen LogP contribution in [0.15, 0.2) is 0 Å². The van der Waals surface area contributed by atoms with E-state index in [1.54, 1.807) is 0 Å². The van der Waals surface area contributed by atoms with Gasteiger partial charge in [0.25, 0.3) is 0 Å². The monoisotopic (exact) mass is 606 g/mol. The molecule has 218 valence electrons. The molecule has 0 aromatic rings. The molecule has 0 atom stereocenters. The smallest absolute Gasteiger partial charge is 0.550 e. The molecule has 0 aliphatic rings. The SMILES string of the molecule is CCCCCCCCCCCCCCCCCCCCCC(=O)[O-].O=C(O)CCCCCC(=O)O.[Ag+]. The molecule has 6 nitrogen and oxygen atoms in total. The van der Waals surface area contributed by atoms with Gasteiger partial charge in [0.15, 0.2) is 0 Å². The predicted molar refractivity (Wildman–Crippen MR) is 141 cm³/mol. The topological polar surface area (TPSA) is 115 Å². The number of carbonyl (C=O) groups is 3. The molecule has 0 spiro atoms. The Morgan fingerprint density at radius 1 is 0.444 bits per heavy atom. The van der Waals surface area contributed by atoms with Gasteiger partial charge in [0.1, 0.15) is 0 Å². The molecule has 0 fully saturated rings. The Labute approximate surface area is 236 Å². The van der Waals surface area contributed by atoms with Crippen LogP contribution in [0.5, 0.6) is 0 Å². The second-order valence-corrected chi connectivity index (χ2v) is 9.83. The first kappa shape index (κ1) is 39.7. The molecular weight excluding hydrogens is 552 g/mol. The standard InChI is InChI=1S/C22H44O2.C7H12O4.Ag/c1-2-3-4-5-6-7-8-9-10-11-12-13-14-15-16-17-18-19-20-21-22(23)24;8-6(9)4-2-1-3-5-7(10)11;/h2-21H2,1H3,(H,23,24);1-5H2,(H,8,9)(H,10,11);/q;;+1/p-1. The van der Waals surface area contributed by atoms with Crippen molar-refractivity contribution in [1.82, 2.24) is 0 Å². The minimum Gasteiger partial charge on any atom is -0.550 e. The molecule has 0 heterocycles. The predicted octanol–water partition coefficient (Wildman–Crippen LogP) is 7.66. The summed E-state index contributed by atoms with van der Waals surface area (Å²) in [6, 6.07) is 0. The van der Waals surface area contributed by atoms with Crippen LogP contribution in [-0.2, 0) is 36.8 Å². The Morgan fingerprint density at radius 2 is 0.667 bits per heavy atom. The molecule has 0 aliphatic heterocycles. The zero-order valence-electron chi connectivity index (χ0n) is 23.0. The van der Waals surface area contributed by atoms with Crippen LogP contribution in [0.3, 0.4) is 0 Å². The number of carboxylic acids is 3. The average molecular weight is 608 g/mol. The van der Waals surface area contributed by atoms with Crippen LogP contribution in [0.1, 0.15) is 167 Å². The van der Waals surface area contributed by atoms with Crippen molar-refractivity contribution in [1.29, 1.82) is 0 Å². The minimum absolute atomic E-state index is 0. The summed E-state index contributed by atoms with van der Waals surface area (Å²) in [5, 5.41) is 26.7. The fourth-order valence-corrected chi connectivity index (χ4v) is 4.08. The summed E-state index contributed by atoms with van der Waals surface area (Å²) in [5.41, 5.74) is 0. The van der Waals surface area contributed by atoms with Crippen LogP contribution >= 0.6 is 0 Å². The second-order valence-electron chi connectivity index (χ2n) is 9.83. The molecule has 36 heavy (non-hydrogen) atoms. The van der Waals surface area contributed by atoms with E-state index in [-0.39, 0.29) is 41.6 Å². The number of carbonyl (C=O) groups excluding carboxylic acids is 1. The van der Waals surface area contributed by atoms with E-state index in [1.807, 2.05) is 0 Å². The van der Waals surface area contributed by atoms with E-state index < -0.39 is 17.9 Å². The summed E-state index contributed by atoms with van der Waals surface area (Å²) >= 11 is 0. The van der Waals surface area contributed by atoms with Gasteiger partial charge in [-0.15, -0.1) is 0 Å². The van der Waals surface area contributed by atoms with Crippen molar-refractivity contribution in [3.8, 4) is 0 Å². The summed E-state index contributed by atoms with van der Waals surface area (Å²) in [5.74, 6) is -2.54. The molecule has 0 aromatic heterocycles. The third kappa shape index (κ3) is 43.2. The van der Waals surface area contributed by atoms with Gasteiger partial charge in [0.05, 0.1) is 0 Å². The number of unbranched alkanes of at least 4 members (excludes halogenated alkanes) is 20. The number of hydrogen-bond acceptors (Lipinski definition) is 4. The van der Waals surface area contributed by atoms with Crippen LogP contribution < -0.4 is 5.11 Å². The molecule has 7 heteroatoms. The Morgan fingerprint density at radius 3 is 0.917 bits per heavy atom. The Kier molecular flexibility index (Phi) is 37.6. The summed E-state index contributed by atoms with van der Waals surface area (Å²) in [6.07, 6.45) is 27.8. The van der Waals surface area contributed by atoms with Gasteiger partial charge < -0.3 is 20.1 Å². The van der Waals surface area contributed by atoms with Crippen molar-refractivity contribution < 1.29 is 52.1 Å². The quantitative estimate of drug-likeness (QED) is 0.0771. The first-order valence-corrected chi connectivity index (χ1v) is 14.5. The minimum atomic E-state index is -0.901. The Balaban J connectivity index is -0.000000764.